The maximum atomic E-state index is 13.4. The van der Waals surface area contributed by atoms with E-state index in [4.69, 9.17) is 0 Å². The minimum absolute atomic E-state index is 0.0746. The van der Waals surface area contributed by atoms with Gasteiger partial charge in [-0.2, -0.15) is 0 Å². The van der Waals surface area contributed by atoms with Crippen molar-refractivity contribution in [3.63, 3.8) is 0 Å². The Labute approximate surface area is 198 Å². The molecule has 2 aromatic carbocycles. The van der Waals surface area contributed by atoms with Gasteiger partial charge in [0.25, 0.3) is 5.91 Å². The zero-order chi connectivity index (χ0) is 25.4. The average molecular weight is 489 g/mol. The van der Waals surface area contributed by atoms with Crippen LogP contribution in [0.4, 0.5) is 21.9 Å². The molecule has 0 aliphatic carbocycles. The molecule has 1 saturated heterocycles. The number of amides is 4. The summed E-state index contributed by atoms with van der Waals surface area (Å²) in [7, 11) is -1.94. The zero-order valence-electron chi connectivity index (χ0n) is 19.7. The van der Waals surface area contributed by atoms with Gasteiger partial charge in [-0.25, -0.2) is 18.1 Å². The summed E-state index contributed by atoms with van der Waals surface area (Å²) in [6, 6.07) is 8.40. The molecule has 10 nitrogen and oxygen atoms in total. The van der Waals surface area contributed by atoms with E-state index in [9.17, 15) is 27.9 Å². The fourth-order valence-corrected chi connectivity index (χ4v) is 4.15. The molecule has 4 amide bonds. The molecule has 3 N–H and O–H groups in total. The number of imide groups is 1. The second-order valence-electron chi connectivity index (χ2n) is 9.14. The molecule has 0 spiro atoms. The number of anilines is 3. The largest absolute Gasteiger partial charge is 0.507 e. The first-order chi connectivity index (χ1) is 15.7. The van der Waals surface area contributed by atoms with E-state index >= 15 is 0 Å². The van der Waals surface area contributed by atoms with Gasteiger partial charge < -0.3 is 15.3 Å². The molecule has 1 aliphatic heterocycles. The lowest BCUT2D eigenvalue weighted by Gasteiger charge is -2.29. The average Bonchev–Trinajstić information content (AvgIpc) is 2.72. The molecular formula is C23H28N4O6S. The molecule has 1 aliphatic rings. The SMILES string of the molecule is CN(C(=O)c1cc(N2C(=O)CCNC2=O)cc(C(C)(C)C)c1O)c1ccc(NS(C)(=O)=O)cc1. The van der Waals surface area contributed by atoms with Gasteiger partial charge in [-0.3, -0.25) is 14.3 Å². The highest BCUT2D eigenvalue weighted by Crippen LogP contribution is 2.38. The van der Waals surface area contributed by atoms with Crippen LogP contribution in [0.5, 0.6) is 5.75 Å². The van der Waals surface area contributed by atoms with Gasteiger partial charge in [0.15, 0.2) is 0 Å². The summed E-state index contributed by atoms with van der Waals surface area (Å²) >= 11 is 0. The number of carbonyl (C=O) groups excluding carboxylic acids is 3. The van der Waals surface area contributed by atoms with E-state index in [1.807, 2.05) is 20.8 Å². The van der Waals surface area contributed by atoms with Gasteiger partial charge in [-0.05, 0) is 41.8 Å². The van der Waals surface area contributed by atoms with Crippen molar-refractivity contribution in [1.29, 1.82) is 0 Å². The fourth-order valence-electron chi connectivity index (χ4n) is 3.59. The van der Waals surface area contributed by atoms with E-state index in [0.717, 1.165) is 11.2 Å². The van der Waals surface area contributed by atoms with E-state index in [-0.39, 0.29) is 30.0 Å². The van der Waals surface area contributed by atoms with Crippen molar-refractivity contribution in [2.24, 2.45) is 0 Å². The minimum Gasteiger partial charge on any atom is -0.507 e. The third-order valence-corrected chi connectivity index (χ3v) is 5.93. The van der Waals surface area contributed by atoms with E-state index in [1.54, 1.807) is 18.2 Å². The van der Waals surface area contributed by atoms with E-state index in [1.165, 1.54) is 30.1 Å². The minimum atomic E-state index is -3.45. The van der Waals surface area contributed by atoms with Gasteiger partial charge in [0.05, 0.1) is 17.5 Å². The standard InChI is InChI=1S/C23H28N4O6S/c1-23(2,3)18-13-16(27-19(28)10-11-24-22(27)31)12-17(20(18)29)21(30)26(4)15-8-6-14(7-9-15)25-34(5,32)33/h6-9,12-13,25,29H,10-11H2,1-5H3,(H,24,31). The monoisotopic (exact) mass is 488 g/mol. The number of hydrogen-bond donors (Lipinski definition) is 3. The van der Waals surface area contributed by atoms with Gasteiger partial charge in [-0.15, -0.1) is 0 Å². The van der Waals surface area contributed by atoms with Crippen molar-refractivity contribution in [2.75, 3.05) is 34.4 Å². The van der Waals surface area contributed by atoms with Crippen LogP contribution in [0.15, 0.2) is 36.4 Å². The lowest BCUT2D eigenvalue weighted by molar-refractivity contribution is -0.118. The topological polar surface area (TPSA) is 136 Å². The van der Waals surface area contributed by atoms with Crippen LogP contribution in [0.2, 0.25) is 0 Å². The summed E-state index contributed by atoms with van der Waals surface area (Å²) < 4.78 is 25.2. The second-order valence-corrected chi connectivity index (χ2v) is 10.9. The molecule has 3 rings (SSSR count). The first-order valence-corrected chi connectivity index (χ1v) is 12.4. The van der Waals surface area contributed by atoms with Gasteiger partial charge in [0, 0.05) is 37.0 Å². The van der Waals surface area contributed by atoms with Crippen molar-refractivity contribution in [2.45, 2.75) is 32.6 Å². The van der Waals surface area contributed by atoms with Crippen LogP contribution in [-0.2, 0) is 20.2 Å². The summed E-state index contributed by atoms with van der Waals surface area (Å²) in [6.07, 6.45) is 1.15. The Balaban J connectivity index is 2.04. The Bertz CT molecular complexity index is 1230. The van der Waals surface area contributed by atoms with E-state index < -0.39 is 33.3 Å². The highest BCUT2D eigenvalue weighted by Gasteiger charge is 2.32. The van der Waals surface area contributed by atoms with E-state index in [0.29, 0.717) is 16.9 Å². The van der Waals surface area contributed by atoms with Crippen molar-refractivity contribution >= 4 is 44.9 Å². The number of carbonyl (C=O) groups is 3. The van der Waals surface area contributed by atoms with Crippen LogP contribution in [0, 0.1) is 0 Å². The molecule has 2 aromatic rings. The smallest absolute Gasteiger partial charge is 0.328 e. The Morgan fingerprint density at radius 2 is 1.76 bits per heavy atom. The van der Waals surface area contributed by atoms with Crippen molar-refractivity contribution in [3.8, 4) is 5.75 Å². The predicted octanol–water partition coefficient (Wildman–Crippen LogP) is 2.78. The third kappa shape index (κ3) is 5.30. The highest BCUT2D eigenvalue weighted by molar-refractivity contribution is 7.92. The van der Waals surface area contributed by atoms with Crippen LogP contribution in [-0.4, -0.2) is 51.2 Å². The van der Waals surface area contributed by atoms with Crippen LogP contribution in [0.1, 0.15) is 43.1 Å². The first kappa shape index (κ1) is 25.0. The maximum Gasteiger partial charge on any atom is 0.328 e. The first-order valence-electron chi connectivity index (χ1n) is 10.5. The molecule has 11 heteroatoms. The number of urea groups is 1. The Hall–Kier alpha value is -3.60. The fraction of sp³-hybridized carbons (Fsp3) is 0.348. The molecule has 0 atom stereocenters. The van der Waals surface area contributed by atoms with Gasteiger partial charge in [0.1, 0.15) is 5.75 Å². The molecule has 0 unspecified atom stereocenters. The van der Waals surface area contributed by atoms with Crippen LogP contribution >= 0.6 is 0 Å². The summed E-state index contributed by atoms with van der Waals surface area (Å²) in [5, 5.41) is 13.6. The van der Waals surface area contributed by atoms with Crippen LogP contribution < -0.4 is 19.8 Å². The summed E-state index contributed by atoms with van der Waals surface area (Å²) in [5.74, 6) is -1.22. The predicted molar refractivity (Wildman–Crippen MR) is 130 cm³/mol. The number of hydrogen-bond acceptors (Lipinski definition) is 6. The molecule has 1 fully saturated rings. The van der Waals surface area contributed by atoms with Crippen molar-refractivity contribution in [3.05, 3.63) is 47.5 Å². The number of rotatable bonds is 5. The van der Waals surface area contributed by atoms with Crippen LogP contribution in [0.3, 0.4) is 0 Å². The normalized spacial score (nSPS) is 14.6. The molecule has 182 valence electrons. The molecule has 0 radical (unpaired) electrons. The Kier molecular flexibility index (Phi) is 6.61. The van der Waals surface area contributed by atoms with Gasteiger partial charge >= 0.3 is 6.03 Å². The van der Waals surface area contributed by atoms with Crippen molar-refractivity contribution in [1.82, 2.24) is 5.32 Å². The molecule has 0 saturated carbocycles. The van der Waals surface area contributed by atoms with Gasteiger partial charge in [-0.1, -0.05) is 20.8 Å². The number of aromatic hydroxyl groups is 1. The summed E-state index contributed by atoms with van der Waals surface area (Å²) in [5.41, 5.74) is 0.700. The van der Waals surface area contributed by atoms with E-state index in [2.05, 4.69) is 10.0 Å². The molecule has 0 bridgehead atoms. The third-order valence-electron chi connectivity index (χ3n) is 5.32. The van der Waals surface area contributed by atoms with Crippen molar-refractivity contribution < 1.29 is 27.9 Å². The molecular weight excluding hydrogens is 460 g/mol. The Morgan fingerprint density at radius 1 is 1.15 bits per heavy atom. The van der Waals surface area contributed by atoms with Crippen LogP contribution in [0.25, 0.3) is 0 Å². The quantitative estimate of drug-likeness (QED) is 0.592. The highest BCUT2D eigenvalue weighted by atomic mass is 32.2. The van der Waals surface area contributed by atoms with Gasteiger partial charge in [0.2, 0.25) is 15.9 Å². The second kappa shape index (κ2) is 8.98. The zero-order valence-corrected chi connectivity index (χ0v) is 20.5. The molecule has 0 aromatic heterocycles. The number of benzene rings is 2. The molecule has 1 heterocycles. The Morgan fingerprint density at radius 3 is 2.29 bits per heavy atom. The number of phenolic OH excluding ortho intramolecular Hbond substituents is 1. The summed E-state index contributed by atoms with van der Waals surface area (Å²) in [4.78, 5) is 40.5. The summed E-state index contributed by atoms with van der Waals surface area (Å²) in [6.45, 7) is 5.76. The number of nitrogens with zero attached hydrogens (tertiary/aromatic N) is 2. The number of sulfonamides is 1. The lowest BCUT2D eigenvalue weighted by atomic mass is 9.84. The molecule has 34 heavy (non-hydrogen) atoms. The lowest BCUT2D eigenvalue weighted by Crippen LogP contribution is -2.50. The number of phenols is 1. The maximum absolute atomic E-state index is 13.4. The number of nitrogens with one attached hydrogen (secondary N) is 2.